The molecule has 0 amide bonds. The number of benzene rings is 1. The molecule has 0 radical (unpaired) electrons. The molecule has 0 unspecified atom stereocenters. The minimum atomic E-state index is 0.239. The molecule has 2 heterocycles. The Hall–Kier alpha value is -3.31. The molecule has 138 valence electrons. The van der Waals surface area contributed by atoms with Gasteiger partial charge in [0.15, 0.2) is 5.82 Å². The Morgan fingerprint density at radius 2 is 2.11 bits per heavy atom. The quantitative estimate of drug-likeness (QED) is 0.602. The second-order valence-electron chi connectivity index (χ2n) is 5.65. The molecule has 3 rings (SSSR count). The summed E-state index contributed by atoms with van der Waals surface area (Å²) in [6, 6.07) is 11.9. The van der Waals surface area contributed by atoms with E-state index in [4.69, 9.17) is 22.1 Å². The smallest absolute Gasteiger partial charge is 0.318 e. The molecule has 9 heteroatoms. The summed E-state index contributed by atoms with van der Waals surface area (Å²) in [5, 5.41) is 17.5. The third kappa shape index (κ3) is 4.10. The maximum absolute atomic E-state index is 9.44. The van der Waals surface area contributed by atoms with Crippen molar-refractivity contribution >= 4 is 23.2 Å². The van der Waals surface area contributed by atoms with Crippen LogP contribution in [0.25, 0.3) is 5.69 Å². The number of aromatic nitrogens is 4. The zero-order chi connectivity index (χ0) is 19.2. The Bertz CT molecular complexity index is 966. The summed E-state index contributed by atoms with van der Waals surface area (Å²) < 4.78 is 6.58. The Morgan fingerprint density at radius 3 is 2.81 bits per heavy atom. The van der Waals surface area contributed by atoms with Crippen LogP contribution in [0, 0.1) is 11.3 Å². The van der Waals surface area contributed by atoms with E-state index in [1.54, 1.807) is 4.68 Å². The van der Waals surface area contributed by atoms with Crippen LogP contribution in [0.5, 0.6) is 6.01 Å². The van der Waals surface area contributed by atoms with E-state index in [0.717, 1.165) is 5.69 Å². The van der Waals surface area contributed by atoms with Crippen molar-refractivity contribution in [2.45, 2.75) is 12.8 Å². The molecule has 0 saturated carbocycles. The van der Waals surface area contributed by atoms with Gasteiger partial charge in [0, 0.05) is 6.54 Å². The lowest BCUT2D eigenvalue weighted by molar-refractivity contribution is 0.380. The van der Waals surface area contributed by atoms with E-state index in [9.17, 15) is 5.26 Å². The third-order valence-corrected chi connectivity index (χ3v) is 4.17. The van der Waals surface area contributed by atoms with Crippen LogP contribution in [0.3, 0.4) is 0 Å². The zero-order valence-electron chi connectivity index (χ0n) is 14.7. The molecule has 0 atom stereocenters. The number of nitriles is 1. The summed E-state index contributed by atoms with van der Waals surface area (Å²) in [6.45, 7) is 0.586. The van der Waals surface area contributed by atoms with E-state index < -0.39 is 0 Å². The molecular weight excluding hydrogens is 366 g/mol. The van der Waals surface area contributed by atoms with Crippen LogP contribution in [0.4, 0.5) is 11.6 Å². The highest BCUT2D eigenvalue weighted by molar-refractivity contribution is 6.32. The number of nitrogens with two attached hydrogens (primary N) is 1. The van der Waals surface area contributed by atoms with Gasteiger partial charge >= 0.3 is 6.01 Å². The molecule has 8 nitrogen and oxygen atoms in total. The number of ether oxygens (including phenoxy) is 1. The fourth-order valence-electron chi connectivity index (χ4n) is 2.58. The second kappa shape index (κ2) is 8.38. The number of nitrogens with zero attached hydrogens (tertiary/aromatic N) is 5. The first kappa shape index (κ1) is 18.5. The van der Waals surface area contributed by atoms with Gasteiger partial charge in [0.2, 0.25) is 0 Å². The lowest BCUT2D eigenvalue weighted by Crippen LogP contribution is -2.07. The summed E-state index contributed by atoms with van der Waals surface area (Å²) in [7, 11) is 1.49. The number of nitrogens with one attached hydrogen (secondary N) is 1. The molecule has 0 aliphatic heterocycles. The zero-order valence-corrected chi connectivity index (χ0v) is 15.4. The highest BCUT2D eigenvalue weighted by atomic mass is 35.5. The molecule has 0 bridgehead atoms. The van der Waals surface area contributed by atoms with Gasteiger partial charge in [0.1, 0.15) is 22.5 Å². The monoisotopic (exact) mass is 383 g/mol. The predicted octanol–water partition coefficient (Wildman–Crippen LogP) is 2.82. The van der Waals surface area contributed by atoms with Gasteiger partial charge in [0.25, 0.3) is 0 Å². The number of aryl methyl sites for hydroxylation is 1. The van der Waals surface area contributed by atoms with Gasteiger partial charge in [-0.1, -0.05) is 29.8 Å². The highest BCUT2D eigenvalue weighted by Crippen LogP contribution is 2.22. The molecule has 27 heavy (non-hydrogen) atoms. The SMILES string of the molecule is COc1ncc(Cl)c(NCCCc2nn(-c3ccccc3)c(N)c2C#N)n1. The number of anilines is 2. The average Bonchev–Trinajstić information content (AvgIpc) is 3.02. The highest BCUT2D eigenvalue weighted by Gasteiger charge is 2.16. The number of rotatable bonds is 7. The van der Waals surface area contributed by atoms with E-state index in [0.29, 0.717) is 47.3 Å². The number of methoxy groups -OCH3 is 1. The van der Waals surface area contributed by atoms with Gasteiger partial charge < -0.3 is 15.8 Å². The maximum atomic E-state index is 9.44. The van der Waals surface area contributed by atoms with Crippen molar-refractivity contribution in [3.8, 4) is 17.8 Å². The number of hydrogen-bond donors (Lipinski definition) is 2. The molecule has 3 aromatic rings. The minimum absolute atomic E-state index is 0.239. The largest absolute Gasteiger partial charge is 0.467 e. The first-order valence-electron chi connectivity index (χ1n) is 8.27. The van der Waals surface area contributed by atoms with Crippen molar-refractivity contribution in [3.05, 3.63) is 52.8 Å². The fourth-order valence-corrected chi connectivity index (χ4v) is 2.73. The Balaban J connectivity index is 1.67. The van der Waals surface area contributed by atoms with Crippen LogP contribution in [0.2, 0.25) is 5.02 Å². The van der Waals surface area contributed by atoms with Crippen molar-refractivity contribution in [1.29, 1.82) is 5.26 Å². The van der Waals surface area contributed by atoms with Crippen LogP contribution >= 0.6 is 11.6 Å². The fraction of sp³-hybridized carbons (Fsp3) is 0.222. The van der Waals surface area contributed by atoms with Gasteiger partial charge in [-0.05, 0) is 25.0 Å². The summed E-state index contributed by atoms with van der Waals surface area (Å²) in [5.41, 5.74) is 7.99. The van der Waals surface area contributed by atoms with Crippen molar-refractivity contribution in [3.63, 3.8) is 0 Å². The van der Waals surface area contributed by atoms with Crippen LogP contribution in [-0.4, -0.2) is 33.4 Å². The maximum Gasteiger partial charge on any atom is 0.318 e. The van der Waals surface area contributed by atoms with Crippen LogP contribution in [-0.2, 0) is 6.42 Å². The molecule has 1 aromatic carbocycles. The molecule has 0 aliphatic carbocycles. The van der Waals surface area contributed by atoms with Gasteiger partial charge in [-0.25, -0.2) is 9.67 Å². The molecular formula is C18H18ClN7O. The molecule has 2 aromatic heterocycles. The normalized spacial score (nSPS) is 10.4. The van der Waals surface area contributed by atoms with Gasteiger partial charge in [-0.15, -0.1) is 0 Å². The number of halogens is 1. The van der Waals surface area contributed by atoms with Gasteiger partial charge in [-0.2, -0.15) is 15.3 Å². The Labute approximate surface area is 161 Å². The summed E-state index contributed by atoms with van der Waals surface area (Å²) in [4.78, 5) is 8.09. The number of nitrogen functional groups attached to an aromatic ring is 1. The molecule has 0 aliphatic rings. The minimum Gasteiger partial charge on any atom is -0.467 e. The summed E-state index contributed by atoms with van der Waals surface area (Å²) in [6.07, 6.45) is 2.77. The predicted molar refractivity (Wildman–Crippen MR) is 103 cm³/mol. The van der Waals surface area contributed by atoms with Crippen LogP contribution in [0.1, 0.15) is 17.7 Å². The Morgan fingerprint density at radius 1 is 1.33 bits per heavy atom. The first-order chi connectivity index (χ1) is 13.1. The van der Waals surface area contributed by atoms with Crippen LogP contribution in [0.15, 0.2) is 36.5 Å². The molecule has 3 N–H and O–H groups in total. The lowest BCUT2D eigenvalue weighted by atomic mass is 10.1. The van der Waals surface area contributed by atoms with Crippen LogP contribution < -0.4 is 15.8 Å². The molecule has 0 spiro atoms. The number of para-hydroxylation sites is 1. The summed E-state index contributed by atoms with van der Waals surface area (Å²) in [5.74, 6) is 0.841. The van der Waals surface area contributed by atoms with Crippen molar-refractivity contribution in [2.24, 2.45) is 0 Å². The standard InChI is InChI=1S/C18H18ClN7O/c1-27-18-23-11-14(19)17(24-18)22-9-5-8-15-13(10-20)16(21)26(25-15)12-6-3-2-4-7-12/h2-4,6-7,11H,5,8-9,21H2,1H3,(H,22,23,24). The van der Waals surface area contributed by atoms with E-state index >= 15 is 0 Å². The van der Waals surface area contributed by atoms with Gasteiger partial charge in [0.05, 0.1) is 24.7 Å². The first-order valence-corrected chi connectivity index (χ1v) is 8.65. The number of hydrogen-bond acceptors (Lipinski definition) is 7. The summed E-state index contributed by atoms with van der Waals surface area (Å²) >= 11 is 6.07. The van der Waals surface area contributed by atoms with E-state index in [1.807, 2.05) is 30.3 Å². The molecule has 0 saturated heterocycles. The molecule has 0 fully saturated rings. The van der Waals surface area contributed by atoms with Crippen molar-refractivity contribution < 1.29 is 4.74 Å². The third-order valence-electron chi connectivity index (χ3n) is 3.89. The van der Waals surface area contributed by atoms with Crippen molar-refractivity contribution in [1.82, 2.24) is 19.7 Å². The van der Waals surface area contributed by atoms with Gasteiger partial charge in [-0.3, -0.25) is 0 Å². The lowest BCUT2D eigenvalue weighted by Gasteiger charge is -2.07. The van der Waals surface area contributed by atoms with Crippen molar-refractivity contribution in [2.75, 3.05) is 24.7 Å². The topological polar surface area (TPSA) is 115 Å². The van der Waals surface area contributed by atoms with E-state index in [-0.39, 0.29) is 6.01 Å². The Kier molecular flexibility index (Phi) is 5.74. The second-order valence-corrected chi connectivity index (χ2v) is 6.06. The van der Waals surface area contributed by atoms with E-state index in [2.05, 4.69) is 26.5 Å². The van der Waals surface area contributed by atoms with E-state index in [1.165, 1.54) is 13.3 Å². The average molecular weight is 384 g/mol.